The van der Waals surface area contributed by atoms with Crippen LogP contribution >= 0.6 is 11.5 Å². The first-order valence-corrected chi connectivity index (χ1v) is 11.2. The Morgan fingerprint density at radius 2 is 1.93 bits per heavy atom. The average Bonchev–Trinajstić information content (AvgIpc) is 3.21. The number of aryl methyl sites for hydroxylation is 1. The Kier molecular flexibility index (Phi) is 6.40. The third-order valence-corrected chi connectivity index (χ3v) is 6.11. The Balaban J connectivity index is 1.39. The number of amides is 1. The summed E-state index contributed by atoms with van der Waals surface area (Å²) in [6.07, 6.45) is 0.671. The van der Waals surface area contributed by atoms with Crippen molar-refractivity contribution in [3.8, 4) is 10.9 Å². The molecule has 1 aliphatic heterocycles. The Bertz CT molecular complexity index is 994. The van der Waals surface area contributed by atoms with E-state index in [1.807, 2.05) is 23.1 Å². The molecule has 1 aromatic heterocycles. The number of benzene rings is 2. The van der Waals surface area contributed by atoms with Gasteiger partial charge in [0.2, 0.25) is 0 Å². The maximum Gasteiger partial charge on any atom is 0.298 e. The Labute approximate surface area is 181 Å². The number of piperazine rings is 1. The van der Waals surface area contributed by atoms with Crippen molar-refractivity contribution in [3.05, 3.63) is 71.0 Å². The predicted octanol–water partition coefficient (Wildman–Crippen LogP) is 2.59. The molecular formula is C23H27N4O2S+. The summed E-state index contributed by atoms with van der Waals surface area (Å²) in [6, 6.07) is 15.7. The smallest absolute Gasteiger partial charge is 0.298 e. The van der Waals surface area contributed by atoms with Crippen molar-refractivity contribution in [3.63, 3.8) is 0 Å². The summed E-state index contributed by atoms with van der Waals surface area (Å²) in [4.78, 5) is 20.8. The summed E-state index contributed by atoms with van der Waals surface area (Å²) in [5.74, 6) is 1.41. The third-order valence-electron chi connectivity index (χ3n) is 5.48. The second-order valence-corrected chi connectivity index (χ2v) is 8.38. The SMILES string of the molecule is CC[NH+]1CCN(C(=O)c2cccc(Oc3nc(Cc4ccc(C)cc4)ns3)c2)CC1. The van der Waals surface area contributed by atoms with E-state index in [1.54, 1.807) is 11.0 Å². The monoisotopic (exact) mass is 423 g/mol. The highest BCUT2D eigenvalue weighted by atomic mass is 32.1. The van der Waals surface area contributed by atoms with Crippen LogP contribution in [0.5, 0.6) is 10.9 Å². The van der Waals surface area contributed by atoms with E-state index in [4.69, 9.17) is 4.74 Å². The molecule has 0 atom stereocenters. The average molecular weight is 424 g/mol. The van der Waals surface area contributed by atoms with Gasteiger partial charge >= 0.3 is 0 Å². The van der Waals surface area contributed by atoms with Crippen molar-refractivity contribution < 1.29 is 14.4 Å². The second-order valence-electron chi connectivity index (χ2n) is 7.66. The van der Waals surface area contributed by atoms with Gasteiger partial charge in [0.1, 0.15) is 5.75 Å². The standard InChI is InChI=1S/C23H26N4O2S/c1-3-26-11-13-27(14-12-26)22(28)19-5-4-6-20(16-19)29-23-24-21(25-30-23)15-18-9-7-17(2)8-10-18/h4-10,16H,3,11-15H2,1-2H3/p+1. The van der Waals surface area contributed by atoms with Crippen LogP contribution in [0, 0.1) is 6.92 Å². The molecule has 1 saturated heterocycles. The lowest BCUT2D eigenvalue weighted by atomic mass is 10.1. The highest BCUT2D eigenvalue weighted by molar-refractivity contribution is 7.07. The minimum absolute atomic E-state index is 0.0629. The van der Waals surface area contributed by atoms with Crippen LogP contribution in [0.3, 0.4) is 0 Å². The fourth-order valence-corrected chi connectivity index (χ4v) is 4.16. The number of nitrogens with zero attached hydrogens (tertiary/aromatic N) is 3. The van der Waals surface area contributed by atoms with Gasteiger partial charge in [0.05, 0.1) is 32.7 Å². The van der Waals surface area contributed by atoms with Crippen LogP contribution in [0.2, 0.25) is 0 Å². The first kappa shape index (κ1) is 20.5. The van der Waals surface area contributed by atoms with Gasteiger partial charge in [-0.3, -0.25) is 4.79 Å². The van der Waals surface area contributed by atoms with Crippen LogP contribution in [0.1, 0.15) is 34.2 Å². The number of rotatable bonds is 6. The molecule has 0 radical (unpaired) electrons. The molecule has 7 heteroatoms. The molecule has 0 bridgehead atoms. The van der Waals surface area contributed by atoms with Crippen LogP contribution in [-0.4, -0.2) is 52.9 Å². The molecule has 2 aromatic carbocycles. The quantitative estimate of drug-likeness (QED) is 0.662. The fraction of sp³-hybridized carbons (Fsp3) is 0.348. The van der Waals surface area contributed by atoms with Gasteiger partial charge in [-0.25, -0.2) is 0 Å². The molecule has 6 nitrogen and oxygen atoms in total. The van der Waals surface area contributed by atoms with Gasteiger partial charge in [-0.05, 0) is 37.6 Å². The molecule has 0 saturated carbocycles. The Morgan fingerprint density at radius 1 is 1.17 bits per heavy atom. The highest BCUT2D eigenvalue weighted by Gasteiger charge is 2.23. The van der Waals surface area contributed by atoms with Crippen LogP contribution in [0.15, 0.2) is 48.5 Å². The largest absolute Gasteiger partial charge is 0.430 e. The van der Waals surface area contributed by atoms with Crippen LogP contribution in [0.4, 0.5) is 0 Å². The zero-order chi connectivity index (χ0) is 20.9. The van der Waals surface area contributed by atoms with Crippen molar-refractivity contribution in [2.24, 2.45) is 0 Å². The van der Waals surface area contributed by atoms with Crippen LogP contribution < -0.4 is 9.64 Å². The molecule has 1 N–H and O–H groups in total. The van der Waals surface area contributed by atoms with E-state index in [2.05, 4.69) is 47.5 Å². The van der Waals surface area contributed by atoms with E-state index < -0.39 is 0 Å². The van der Waals surface area contributed by atoms with Gasteiger partial charge < -0.3 is 14.5 Å². The molecule has 1 aliphatic rings. The number of aromatic nitrogens is 2. The number of ether oxygens (including phenoxy) is 1. The molecule has 0 unspecified atom stereocenters. The minimum Gasteiger partial charge on any atom is -0.430 e. The zero-order valence-corrected chi connectivity index (χ0v) is 18.2. The van der Waals surface area contributed by atoms with Crippen LogP contribution in [0.25, 0.3) is 0 Å². The number of carbonyl (C=O) groups is 1. The molecule has 30 heavy (non-hydrogen) atoms. The Morgan fingerprint density at radius 3 is 2.67 bits per heavy atom. The molecule has 1 amide bonds. The molecule has 2 heterocycles. The summed E-state index contributed by atoms with van der Waals surface area (Å²) >= 11 is 1.23. The first-order valence-electron chi connectivity index (χ1n) is 10.4. The van der Waals surface area contributed by atoms with E-state index in [-0.39, 0.29) is 5.91 Å². The summed E-state index contributed by atoms with van der Waals surface area (Å²) in [5, 5.41) is 0.488. The number of likely N-dealkylation sites (N-methyl/N-ethyl adjacent to an activating group) is 1. The molecule has 1 fully saturated rings. The van der Waals surface area contributed by atoms with Crippen molar-refractivity contribution in [1.29, 1.82) is 0 Å². The third kappa shape index (κ3) is 5.04. The zero-order valence-electron chi connectivity index (χ0n) is 17.4. The van der Waals surface area contributed by atoms with Gasteiger partial charge in [-0.15, -0.1) is 0 Å². The maximum absolute atomic E-state index is 12.9. The van der Waals surface area contributed by atoms with Gasteiger partial charge in [0.15, 0.2) is 5.82 Å². The number of nitrogens with one attached hydrogen (secondary N) is 1. The molecule has 156 valence electrons. The first-order chi connectivity index (χ1) is 14.6. The summed E-state index contributed by atoms with van der Waals surface area (Å²) in [7, 11) is 0. The fourth-order valence-electron chi connectivity index (χ4n) is 3.60. The lowest BCUT2D eigenvalue weighted by Crippen LogP contribution is -3.14. The Hall–Kier alpha value is -2.77. The van der Waals surface area contributed by atoms with E-state index in [0.29, 0.717) is 22.9 Å². The van der Waals surface area contributed by atoms with Crippen molar-refractivity contribution in [2.75, 3.05) is 32.7 Å². The second kappa shape index (κ2) is 9.36. The maximum atomic E-state index is 12.9. The van der Waals surface area contributed by atoms with Crippen LogP contribution in [-0.2, 0) is 6.42 Å². The topological polar surface area (TPSA) is 59.8 Å². The van der Waals surface area contributed by atoms with E-state index >= 15 is 0 Å². The molecule has 0 aliphatic carbocycles. The number of hydrogen-bond donors (Lipinski definition) is 1. The number of carbonyl (C=O) groups excluding carboxylic acids is 1. The normalized spacial score (nSPS) is 14.7. The highest BCUT2D eigenvalue weighted by Crippen LogP contribution is 2.25. The summed E-state index contributed by atoms with van der Waals surface area (Å²) < 4.78 is 10.3. The molecule has 4 rings (SSSR count). The van der Waals surface area contributed by atoms with Crippen molar-refractivity contribution in [2.45, 2.75) is 20.3 Å². The summed E-state index contributed by atoms with van der Waals surface area (Å²) in [5.41, 5.74) is 3.05. The van der Waals surface area contributed by atoms with Gasteiger partial charge in [-0.2, -0.15) is 9.36 Å². The van der Waals surface area contributed by atoms with Crippen molar-refractivity contribution in [1.82, 2.24) is 14.3 Å². The lowest BCUT2D eigenvalue weighted by Gasteiger charge is -2.31. The molecule has 3 aromatic rings. The number of hydrogen-bond acceptors (Lipinski definition) is 5. The van der Waals surface area contributed by atoms with Crippen molar-refractivity contribution >= 4 is 17.4 Å². The number of quaternary nitrogens is 1. The minimum atomic E-state index is 0.0629. The van der Waals surface area contributed by atoms with E-state index in [9.17, 15) is 4.79 Å². The predicted molar refractivity (Wildman–Crippen MR) is 118 cm³/mol. The van der Waals surface area contributed by atoms with Gasteiger partial charge in [0, 0.05) is 23.5 Å². The van der Waals surface area contributed by atoms with E-state index in [1.165, 1.54) is 22.7 Å². The molecule has 0 spiro atoms. The van der Waals surface area contributed by atoms with E-state index in [0.717, 1.165) is 38.5 Å². The van der Waals surface area contributed by atoms with Gasteiger partial charge in [-0.1, -0.05) is 35.9 Å². The lowest BCUT2D eigenvalue weighted by molar-refractivity contribution is -0.902. The van der Waals surface area contributed by atoms with Gasteiger partial charge in [0.25, 0.3) is 11.1 Å². The molecular weight excluding hydrogens is 396 g/mol. The summed E-state index contributed by atoms with van der Waals surface area (Å²) in [6.45, 7) is 8.98.